The lowest BCUT2D eigenvalue weighted by Crippen LogP contribution is -2.44. The highest BCUT2D eigenvalue weighted by Crippen LogP contribution is 2.41. The summed E-state index contributed by atoms with van der Waals surface area (Å²) in [6, 6.07) is 16.7. The summed E-state index contributed by atoms with van der Waals surface area (Å²) in [4.78, 5) is 13.6. The predicted octanol–water partition coefficient (Wildman–Crippen LogP) is 4.17. The SMILES string of the molecule is CC[C@@H](NC(=O)C1(c2ccccc2)CCCC1)c1ccc(S(C)(=O)=O)cc1. The van der Waals surface area contributed by atoms with Gasteiger partial charge < -0.3 is 5.32 Å². The molecule has 5 heteroatoms. The van der Waals surface area contributed by atoms with E-state index in [9.17, 15) is 13.2 Å². The van der Waals surface area contributed by atoms with Crippen LogP contribution in [0.5, 0.6) is 0 Å². The third kappa shape index (κ3) is 4.08. The van der Waals surface area contributed by atoms with E-state index in [0.29, 0.717) is 4.90 Å². The van der Waals surface area contributed by atoms with Gasteiger partial charge in [-0.15, -0.1) is 0 Å². The van der Waals surface area contributed by atoms with Crippen LogP contribution in [0.4, 0.5) is 0 Å². The molecular weight excluding hydrogens is 358 g/mol. The molecule has 1 saturated carbocycles. The Labute approximate surface area is 161 Å². The Morgan fingerprint density at radius 3 is 2.15 bits per heavy atom. The largest absolute Gasteiger partial charge is 0.349 e. The monoisotopic (exact) mass is 385 g/mol. The number of carbonyl (C=O) groups is 1. The van der Waals surface area contributed by atoms with E-state index in [4.69, 9.17) is 0 Å². The number of hydrogen-bond acceptors (Lipinski definition) is 3. The maximum atomic E-state index is 13.3. The zero-order valence-corrected chi connectivity index (χ0v) is 16.8. The van der Waals surface area contributed by atoms with Crippen molar-refractivity contribution < 1.29 is 13.2 Å². The quantitative estimate of drug-likeness (QED) is 0.812. The molecule has 1 aliphatic carbocycles. The molecule has 0 heterocycles. The minimum absolute atomic E-state index is 0.0743. The van der Waals surface area contributed by atoms with Gasteiger partial charge in [0.05, 0.1) is 16.4 Å². The van der Waals surface area contributed by atoms with Crippen molar-refractivity contribution in [2.45, 2.75) is 55.4 Å². The molecule has 1 fully saturated rings. The Morgan fingerprint density at radius 1 is 1.04 bits per heavy atom. The molecule has 0 unspecified atom stereocenters. The molecule has 0 radical (unpaired) electrons. The van der Waals surface area contributed by atoms with Crippen molar-refractivity contribution in [2.75, 3.05) is 6.26 Å². The third-order valence-electron chi connectivity index (χ3n) is 5.64. The van der Waals surface area contributed by atoms with Crippen LogP contribution >= 0.6 is 0 Å². The molecule has 2 aromatic rings. The van der Waals surface area contributed by atoms with Crippen LogP contribution in [0.15, 0.2) is 59.5 Å². The van der Waals surface area contributed by atoms with Gasteiger partial charge in [0.15, 0.2) is 9.84 Å². The van der Waals surface area contributed by atoms with Crippen LogP contribution in [0.2, 0.25) is 0 Å². The molecule has 1 amide bonds. The van der Waals surface area contributed by atoms with Crippen LogP contribution in [0.3, 0.4) is 0 Å². The van der Waals surface area contributed by atoms with Gasteiger partial charge >= 0.3 is 0 Å². The molecule has 1 atom stereocenters. The van der Waals surface area contributed by atoms with Crippen molar-refractivity contribution in [3.8, 4) is 0 Å². The zero-order valence-electron chi connectivity index (χ0n) is 15.9. The molecule has 144 valence electrons. The fourth-order valence-corrected chi connectivity index (χ4v) is 4.68. The van der Waals surface area contributed by atoms with Crippen molar-refractivity contribution in [1.29, 1.82) is 0 Å². The molecule has 1 N–H and O–H groups in total. The minimum Gasteiger partial charge on any atom is -0.349 e. The normalized spacial score (nSPS) is 17.4. The van der Waals surface area contributed by atoms with Crippen molar-refractivity contribution >= 4 is 15.7 Å². The van der Waals surface area contributed by atoms with Gasteiger partial charge in [-0.05, 0) is 42.5 Å². The second-order valence-corrected chi connectivity index (χ2v) is 9.45. The molecule has 4 nitrogen and oxygen atoms in total. The summed E-state index contributed by atoms with van der Waals surface area (Å²) in [5, 5.41) is 3.23. The van der Waals surface area contributed by atoms with E-state index in [2.05, 4.69) is 5.32 Å². The summed E-state index contributed by atoms with van der Waals surface area (Å²) >= 11 is 0. The predicted molar refractivity (Wildman–Crippen MR) is 107 cm³/mol. The molecule has 3 rings (SSSR count). The highest BCUT2D eigenvalue weighted by Gasteiger charge is 2.43. The summed E-state index contributed by atoms with van der Waals surface area (Å²) in [6.45, 7) is 2.03. The van der Waals surface area contributed by atoms with E-state index < -0.39 is 15.3 Å². The molecule has 27 heavy (non-hydrogen) atoms. The van der Waals surface area contributed by atoms with Gasteiger partial charge in [-0.3, -0.25) is 4.79 Å². The molecule has 2 aromatic carbocycles. The lowest BCUT2D eigenvalue weighted by molar-refractivity contribution is -0.127. The Hall–Kier alpha value is -2.14. The first-order chi connectivity index (χ1) is 12.9. The maximum absolute atomic E-state index is 13.3. The van der Waals surface area contributed by atoms with Crippen molar-refractivity contribution in [2.24, 2.45) is 0 Å². The summed E-state index contributed by atoms with van der Waals surface area (Å²) < 4.78 is 23.3. The van der Waals surface area contributed by atoms with Gasteiger partial charge in [-0.2, -0.15) is 0 Å². The van der Waals surface area contributed by atoms with Crippen LogP contribution in [-0.4, -0.2) is 20.6 Å². The topological polar surface area (TPSA) is 63.2 Å². The number of hydrogen-bond donors (Lipinski definition) is 1. The standard InChI is InChI=1S/C22H27NO3S/c1-3-20(17-11-13-19(14-12-17)27(2,25)26)23-21(24)22(15-7-8-16-22)18-9-5-4-6-10-18/h4-6,9-14,20H,3,7-8,15-16H2,1-2H3,(H,23,24)/t20-/m1/s1. The number of sulfone groups is 1. The second-order valence-electron chi connectivity index (χ2n) is 7.43. The Bertz CT molecular complexity index is 883. The third-order valence-corrected chi connectivity index (χ3v) is 6.77. The Morgan fingerprint density at radius 2 is 1.63 bits per heavy atom. The molecule has 0 saturated heterocycles. The fraction of sp³-hybridized carbons (Fsp3) is 0.409. The molecule has 0 bridgehead atoms. The summed E-state index contributed by atoms with van der Waals surface area (Å²) in [5.74, 6) is 0.0743. The van der Waals surface area contributed by atoms with Gasteiger partial charge in [-0.1, -0.05) is 62.2 Å². The number of carbonyl (C=O) groups excluding carboxylic acids is 1. The molecule has 0 spiro atoms. The highest BCUT2D eigenvalue weighted by molar-refractivity contribution is 7.90. The van der Waals surface area contributed by atoms with Gasteiger partial charge in [0.2, 0.25) is 5.91 Å². The maximum Gasteiger partial charge on any atom is 0.231 e. The first kappa shape index (κ1) is 19.6. The smallest absolute Gasteiger partial charge is 0.231 e. The Kier molecular flexibility index (Phi) is 5.70. The zero-order chi connectivity index (χ0) is 19.5. The van der Waals surface area contributed by atoms with E-state index in [1.54, 1.807) is 24.3 Å². The average Bonchev–Trinajstić information content (AvgIpc) is 3.17. The van der Waals surface area contributed by atoms with E-state index in [1.807, 2.05) is 37.3 Å². The average molecular weight is 386 g/mol. The van der Waals surface area contributed by atoms with Crippen LogP contribution in [0, 0.1) is 0 Å². The summed E-state index contributed by atoms with van der Waals surface area (Å²) in [7, 11) is -3.22. The number of rotatable bonds is 6. The fourth-order valence-electron chi connectivity index (χ4n) is 4.05. The van der Waals surface area contributed by atoms with E-state index in [1.165, 1.54) is 6.26 Å². The first-order valence-corrected chi connectivity index (χ1v) is 11.4. The van der Waals surface area contributed by atoms with Crippen molar-refractivity contribution in [3.05, 3.63) is 65.7 Å². The second kappa shape index (κ2) is 7.85. The van der Waals surface area contributed by atoms with Gasteiger partial charge in [0.1, 0.15) is 0 Å². The first-order valence-electron chi connectivity index (χ1n) is 9.53. The van der Waals surface area contributed by atoms with E-state index in [-0.39, 0.29) is 11.9 Å². The van der Waals surface area contributed by atoms with E-state index >= 15 is 0 Å². The lowest BCUT2D eigenvalue weighted by Gasteiger charge is -2.31. The lowest BCUT2D eigenvalue weighted by atomic mass is 9.77. The van der Waals surface area contributed by atoms with Crippen LogP contribution < -0.4 is 5.32 Å². The van der Waals surface area contributed by atoms with Crippen LogP contribution in [0.25, 0.3) is 0 Å². The summed E-state index contributed by atoms with van der Waals surface area (Å²) in [5.41, 5.74) is 1.56. The molecule has 1 aliphatic rings. The molecule has 0 aliphatic heterocycles. The number of benzene rings is 2. The highest BCUT2D eigenvalue weighted by atomic mass is 32.2. The number of amides is 1. The van der Waals surface area contributed by atoms with Crippen LogP contribution in [-0.2, 0) is 20.0 Å². The molecular formula is C22H27NO3S. The minimum atomic E-state index is -3.22. The summed E-state index contributed by atoms with van der Waals surface area (Å²) in [6.07, 6.45) is 5.79. The van der Waals surface area contributed by atoms with Crippen molar-refractivity contribution in [3.63, 3.8) is 0 Å². The van der Waals surface area contributed by atoms with Gasteiger partial charge in [0, 0.05) is 6.26 Å². The van der Waals surface area contributed by atoms with Gasteiger partial charge in [0.25, 0.3) is 0 Å². The van der Waals surface area contributed by atoms with Crippen molar-refractivity contribution in [1.82, 2.24) is 5.32 Å². The number of nitrogens with one attached hydrogen (secondary N) is 1. The van der Waals surface area contributed by atoms with Crippen LogP contribution in [0.1, 0.15) is 56.2 Å². The van der Waals surface area contributed by atoms with E-state index in [0.717, 1.165) is 43.2 Å². The Balaban J connectivity index is 1.84. The molecule has 0 aromatic heterocycles. The van der Waals surface area contributed by atoms with Gasteiger partial charge in [-0.25, -0.2) is 8.42 Å².